The third kappa shape index (κ3) is 4.88. The van der Waals surface area contributed by atoms with Crippen LogP contribution in [0, 0.1) is 0 Å². The van der Waals surface area contributed by atoms with Gasteiger partial charge in [-0.3, -0.25) is 18.4 Å². The Morgan fingerprint density at radius 1 is 0.476 bits per heavy atom. The minimum atomic E-state index is -0.461. The Labute approximate surface area is 303 Å². The Kier molecular flexibility index (Phi) is 8.33. The van der Waals surface area contributed by atoms with Crippen molar-refractivity contribution in [2.75, 3.05) is 0 Å². The molecule has 0 atom stereocenters. The highest BCUT2D eigenvalue weighted by atomic mass is 79.9. The normalized spacial score (nSPS) is 11.7. The average Bonchev–Trinajstić information content (AvgIpc) is 3.41. The van der Waals surface area contributed by atoms with Crippen LogP contribution in [0.15, 0.2) is 94.4 Å². The van der Waals surface area contributed by atoms with Gasteiger partial charge in [-0.2, -0.15) is 0 Å². The van der Waals surface area contributed by atoms with Crippen molar-refractivity contribution in [2.24, 2.45) is 0 Å². The van der Waals surface area contributed by atoms with Gasteiger partial charge in [0.25, 0.3) is 11.1 Å². The molecule has 16 heteroatoms. The van der Waals surface area contributed by atoms with E-state index in [1.54, 1.807) is 57.6 Å². The maximum absolute atomic E-state index is 14.0. The lowest BCUT2D eigenvalue weighted by Gasteiger charge is -2.18. The third-order valence-electron chi connectivity index (χ3n) is 6.48. The van der Waals surface area contributed by atoms with Gasteiger partial charge in [-0.25, -0.2) is 9.35 Å². The minimum Gasteiger partial charge on any atom is -0.506 e. The van der Waals surface area contributed by atoms with Crippen LogP contribution in [-0.4, -0.2) is 28.4 Å². The highest BCUT2D eigenvalue weighted by Crippen LogP contribution is 2.40. The summed E-state index contributed by atoms with van der Waals surface area (Å²) in [6.07, 6.45) is 3.13. The Hall–Kier alpha value is -1.14. The molecule has 0 fully saturated rings. The zero-order valence-corrected chi connectivity index (χ0v) is 32.8. The first-order chi connectivity index (χ1) is 19.8. The Morgan fingerprint density at radius 2 is 0.786 bits per heavy atom. The lowest BCUT2D eigenvalue weighted by Crippen LogP contribution is -2.36. The van der Waals surface area contributed by atoms with Gasteiger partial charge < -0.3 is 10.2 Å². The molecule has 0 unspecified atom stereocenters. The molecule has 0 aliphatic rings. The van der Waals surface area contributed by atoms with Crippen molar-refractivity contribution in [3.8, 4) is 34.0 Å². The highest BCUT2D eigenvalue weighted by molar-refractivity contribution is 9.13. The molecule has 0 aliphatic carbocycles. The molecule has 0 aliphatic heterocycles. The van der Waals surface area contributed by atoms with Crippen LogP contribution >= 0.6 is 127 Å². The van der Waals surface area contributed by atoms with Gasteiger partial charge in [-0.15, -0.1) is 0 Å². The van der Waals surface area contributed by atoms with Crippen molar-refractivity contribution < 1.29 is 10.2 Å². The van der Waals surface area contributed by atoms with E-state index in [0.29, 0.717) is 58.6 Å². The SMILES string of the molecule is O=c1c2cc(Br)c(Br)n2c(-c2cc(Br)c(O)c(Br)c2)cn1-n1cc(-c2cc(Br)c(O)c(Br)c2)n2c(Br)c(Br)cc2c1=O. The van der Waals surface area contributed by atoms with Gasteiger partial charge >= 0.3 is 0 Å². The van der Waals surface area contributed by atoms with E-state index >= 15 is 0 Å². The van der Waals surface area contributed by atoms with Crippen LogP contribution in [0.3, 0.4) is 0 Å². The number of phenols is 2. The van der Waals surface area contributed by atoms with Crippen LogP contribution in [0.25, 0.3) is 33.5 Å². The molecule has 214 valence electrons. The van der Waals surface area contributed by atoms with Crippen molar-refractivity contribution in [1.29, 1.82) is 0 Å². The number of halogens is 8. The molecule has 0 saturated heterocycles. The largest absolute Gasteiger partial charge is 0.506 e. The molecule has 0 bridgehead atoms. The second-order valence-electron chi connectivity index (χ2n) is 8.91. The summed E-state index contributed by atoms with van der Waals surface area (Å²) in [5.74, 6) is 0.0518. The lowest BCUT2D eigenvalue weighted by molar-refractivity contribution is 0.468. The van der Waals surface area contributed by atoms with E-state index in [-0.39, 0.29) is 22.5 Å². The molecular weight excluding hydrogens is 1070 g/mol. The van der Waals surface area contributed by atoms with Gasteiger partial charge in [0, 0.05) is 11.1 Å². The lowest BCUT2D eigenvalue weighted by atomic mass is 10.1. The maximum Gasteiger partial charge on any atom is 0.294 e. The monoisotopic (exact) mass is 1070 g/mol. The number of aromatic hydroxyl groups is 2. The fraction of sp³-hybridized carbons (Fsp3) is 0. The van der Waals surface area contributed by atoms with Gasteiger partial charge in [-0.05, 0) is 164 Å². The van der Waals surface area contributed by atoms with E-state index in [4.69, 9.17) is 0 Å². The zero-order chi connectivity index (χ0) is 30.4. The second-order valence-corrected chi connectivity index (χ2v) is 15.5. The molecule has 8 nitrogen and oxygen atoms in total. The molecule has 0 amide bonds. The first-order valence-electron chi connectivity index (χ1n) is 11.4. The first kappa shape index (κ1) is 30.9. The van der Waals surface area contributed by atoms with Crippen LogP contribution < -0.4 is 11.1 Å². The Bertz CT molecular complexity index is 2060. The topological polar surface area (TPSA) is 93.3 Å². The predicted molar refractivity (Wildman–Crippen MR) is 190 cm³/mol. The number of aromatic nitrogens is 4. The van der Waals surface area contributed by atoms with Crippen molar-refractivity contribution in [2.45, 2.75) is 0 Å². The van der Waals surface area contributed by atoms with Crippen LogP contribution in [0.4, 0.5) is 0 Å². The van der Waals surface area contributed by atoms with Gasteiger partial charge in [0.1, 0.15) is 31.7 Å². The summed E-state index contributed by atoms with van der Waals surface area (Å²) < 4.78 is 10.2. The predicted octanol–water partition coefficient (Wildman–Crippen LogP) is 9.67. The second kappa shape index (κ2) is 11.3. The van der Waals surface area contributed by atoms with Crippen LogP contribution in [-0.2, 0) is 0 Å². The number of rotatable bonds is 3. The van der Waals surface area contributed by atoms with Crippen molar-refractivity contribution in [3.63, 3.8) is 0 Å². The van der Waals surface area contributed by atoms with Crippen molar-refractivity contribution >= 4 is 138 Å². The van der Waals surface area contributed by atoms with Crippen molar-refractivity contribution in [1.82, 2.24) is 18.2 Å². The molecule has 2 aromatic carbocycles. The smallest absolute Gasteiger partial charge is 0.294 e. The summed E-state index contributed by atoms with van der Waals surface area (Å²) in [5.41, 5.74) is 2.02. The van der Waals surface area contributed by atoms with Gasteiger partial charge in [0.05, 0.1) is 50.6 Å². The van der Waals surface area contributed by atoms with Gasteiger partial charge in [0.15, 0.2) is 0 Å². The van der Waals surface area contributed by atoms with E-state index in [1.807, 2.05) is 0 Å². The van der Waals surface area contributed by atoms with Gasteiger partial charge in [0.2, 0.25) is 0 Å². The minimum absolute atomic E-state index is 0.0259. The van der Waals surface area contributed by atoms with Crippen molar-refractivity contribution in [3.05, 3.63) is 106 Å². The number of fused-ring (bicyclic) bond motifs is 2. The number of hydrogen-bond donors (Lipinski definition) is 2. The summed E-state index contributed by atoms with van der Waals surface area (Å²) in [7, 11) is 0. The summed E-state index contributed by atoms with van der Waals surface area (Å²) in [6, 6.07) is 10.2. The number of hydrogen-bond acceptors (Lipinski definition) is 4. The van der Waals surface area contributed by atoms with Gasteiger partial charge in [-0.1, -0.05) is 0 Å². The molecule has 42 heavy (non-hydrogen) atoms. The number of nitrogens with zero attached hydrogens (tertiary/aromatic N) is 4. The molecule has 6 rings (SSSR count). The van der Waals surface area contributed by atoms with Crippen LogP contribution in [0.5, 0.6) is 11.5 Å². The first-order valence-corrected chi connectivity index (χ1v) is 17.8. The quantitative estimate of drug-likeness (QED) is 0.185. The molecule has 4 aromatic heterocycles. The molecule has 4 heterocycles. The highest BCUT2D eigenvalue weighted by Gasteiger charge is 2.22. The summed E-state index contributed by atoms with van der Waals surface area (Å²) >= 11 is 27.7. The van der Waals surface area contributed by atoms with E-state index in [9.17, 15) is 19.8 Å². The molecule has 2 N–H and O–H groups in total. The molecule has 0 radical (unpaired) electrons. The Balaban J connectivity index is 1.76. The van der Waals surface area contributed by atoms with E-state index < -0.39 is 11.1 Å². The zero-order valence-electron chi connectivity index (χ0n) is 20.1. The summed E-state index contributed by atoms with van der Waals surface area (Å²) in [4.78, 5) is 28.1. The summed E-state index contributed by atoms with van der Waals surface area (Å²) in [5, 5.41) is 20.7. The fourth-order valence-corrected chi connectivity index (χ4v) is 8.71. The Morgan fingerprint density at radius 3 is 1.10 bits per heavy atom. The molecular formula is C26H10Br8N4O4. The molecule has 0 spiro atoms. The average molecular weight is 1080 g/mol. The molecule has 0 saturated carbocycles. The standard InChI is InChI=1S/C26H10Br8N4O4/c27-11-1-9(2-12(28)21(11)39)19-7-35(25(41)17-5-15(31)23(33)37(17)19)36-8-20(10-3-13(29)22(40)14(30)4-10)38-18(26(36)42)6-16(32)24(38)34/h1-8,39-40H. The number of phenolic OH excluding ortho intramolecular Hbond substituents is 2. The third-order valence-corrected chi connectivity index (χ3v) is 12.7. The maximum atomic E-state index is 14.0. The summed E-state index contributed by atoms with van der Waals surface area (Å²) in [6.45, 7) is 0. The van der Waals surface area contributed by atoms with E-state index in [1.165, 1.54) is 9.35 Å². The van der Waals surface area contributed by atoms with Crippen LogP contribution in [0.2, 0.25) is 0 Å². The van der Waals surface area contributed by atoms with E-state index in [2.05, 4.69) is 127 Å². The molecule has 6 aromatic rings. The van der Waals surface area contributed by atoms with E-state index in [0.717, 1.165) is 0 Å². The van der Waals surface area contributed by atoms with Crippen LogP contribution in [0.1, 0.15) is 0 Å². The fourth-order valence-electron chi connectivity index (χ4n) is 4.55. The number of benzene rings is 2.